The number of fused-ring (bicyclic) bond motifs is 1. The number of aromatic nitrogens is 2. The van der Waals surface area contributed by atoms with Crippen molar-refractivity contribution < 1.29 is 13.2 Å². The summed E-state index contributed by atoms with van der Waals surface area (Å²) >= 11 is 0. The molecule has 1 aromatic heterocycles. The molecule has 126 valence electrons. The number of nitrogens with one attached hydrogen (secondary N) is 1. The molecule has 1 N–H and O–H groups in total. The molecule has 2 aromatic carbocycles. The van der Waals surface area contributed by atoms with Crippen LogP contribution in [0.5, 0.6) is 0 Å². The molecule has 0 fully saturated rings. The summed E-state index contributed by atoms with van der Waals surface area (Å²) in [5.74, 6) is 0. The molecule has 0 saturated heterocycles. The molecular weight excluding hydrogens is 331 g/mol. The number of rotatable bonds is 3. The van der Waals surface area contributed by atoms with Gasteiger partial charge in [0.05, 0.1) is 28.2 Å². The third-order valence-corrected chi connectivity index (χ3v) is 3.85. The Bertz CT molecular complexity index is 1030. The number of halogens is 3. The lowest BCUT2D eigenvalue weighted by atomic mass is 9.99. The van der Waals surface area contributed by atoms with Crippen molar-refractivity contribution in [3.63, 3.8) is 0 Å². The summed E-state index contributed by atoms with van der Waals surface area (Å²) in [4.78, 5) is 19.0. The molecule has 0 atom stereocenters. The molecule has 4 nitrogen and oxygen atoms in total. The van der Waals surface area contributed by atoms with Crippen molar-refractivity contribution in [3.8, 4) is 6.07 Å². The number of hydrogen-bond donors (Lipinski definition) is 1. The molecule has 0 radical (unpaired) electrons. The van der Waals surface area contributed by atoms with Gasteiger partial charge in [-0.15, -0.1) is 0 Å². The largest absolute Gasteiger partial charge is 0.416 e. The third kappa shape index (κ3) is 3.53. The number of nitriles is 1. The van der Waals surface area contributed by atoms with Crippen LogP contribution in [-0.2, 0) is 19.0 Å². The summed E-state index contributed by atoms with van der Waals surface area (Å²) in [6.45, 7) is 0. The number of aryl methyl sites for hydroxylation is 2. The van der Waals surface area contributed by atoms with Crippen LogP contribution in [0.15, 0.2) is 47.3 Å². The van der Waals surface area contributed by atoms with Crippen molar-refractivity contribution in [3.05, 3.63) is 75.2 Å². The molecule has 0 saturated carbocycles. The Morgan fingerprint density at radius 2 is 1.88 bits per heavy atom. The van der Waals surface area contributed by atoms with Crippen LogP contribution in [0.2, 0.25) is 0 Å². The quantitative estimate of drug-likeness (QED) is 0.790. The van der Waals surface area contributed by atoms with E-state index in [4.69, 9.17) is 5.26 Å². The maximum Gasteiger partial charge on any atom is 0.416 e. The topological polar surface area (TPSA) is 69.5 Å². The first-order chi connectivity index (χ1) is 11.9. The van der Waals surface area contributed by atoms with E-state index in [2.05, 4.69) is 9.97 Å². The zero-order valence-corrected chi connectivity index (χ0v) is 12.9. The molecule has 0 aliphatic heterocycles. The van der Waals surface area contributed by atoms with Crippen LogP contribution in [0.25, 0.3) is 11.0 Å². The van der Waals surface area contributed by atoms with Gasteiger partial charge in [0.2, 0.25) is 0 Å². The summed E-state index contributed by atoms with van der Waals surface area (Å²) in [7, 11) is 0. The lowest BCUT2D eigenvalue weighted by molar-refractivity contribution is -0.138. The number of nitrogens with zero attached hydrogens (tertiary/aromatic N) is 2. The van der Waals surface area contributed by atoms with E-state index in [0.717, 1.165) is 6.07 Å². The fraction of sp³-hybridized carbons (Fsp3) is 0.167. The molecule has 0 spiro atoms. The predicted molar refractivity (Wildman–Crippen MR) is 85.9 cm³/mol. The van der Waals surface area contributed by atoms with Crippen molar-refractivity contribution in [1.29, 1.82) is 5.26 Å². The first kappa shape index (κ1) is 16.7. The molecular formula is C18H12F3N3O. The van der Waals surface area contributed by atoms with Crippen molar-refractivity contribution >= 4 is 11.0 Å². The molecule has 0 aliphatic carbocycles. The monoisotopic (exact) mass is 343 g/mol. The number of H-pyrrole nitrogens is 1. The second-order valence-electron chi connectivity index (χ2n) is 5.51. The summed E-state index contributed by atoms with van der Waals surface area (Å²) in [6.07, 6.45) is -4.50. The Kier molecular flexibility index (Phi) is 4.28. The van der Waals surface area contributed by atoms with Crippen LogP contribution in [0.4, 0.5) is 13.2 Å². The van der Waals surface area contributed by atoms with Crippen LogP contribution in [0.3, 0.4) is 0 Å². The van der Waals surface area contributed by atoms with Gasteiger partial charge in [-0.3, -0.25) is 4.79 Å². The van der Waals surface area contributed by atoms with Crippen molar-refractivity contribution in [2.75, 3.05) is 0 Å². The lowest BCUT2D eigenvalue weighted by Crippen LogP contribution is -2.17. The summed E-state index contributed by atoms with van der Waals surface area (Å²) < 4.78 is 39.6. The zero-order chi connectivity index (χ0) is 18.0. The SMILES string of the molecule is N#Cc1ccc(CCc2nc3ccccc3[nH]c2=O)c(C(F)(F)F)c1. The summed E-state index contributed by atoms with van der Waals surface area (Å²) in [6, 6.07) is 12.1. The van der Waals surface area contributed by atoms with E-state index in [9.17, 15) is 18.0 Å². The van der Waals surface area contributed by atoms with E-state index in [0.29, 0.717) is 11.0 Å². The minimum Gasteiger partial charge on any atom is -0.319 e. The minimum atomic E-state index is -4.56. The zero-order valence-electron chi connectivity index (χ0n) is 12.9. The molecule has 3 rings (SSSR count). The van der Waals surface area contributed by atoms with Gasteiger partial charge in [0, 0.05) is 0 Å². The van der Waals surface area contributed by atoms with E-state index in [1.165, 1.54) is 12.1 Å². The number of benzene rings is 2. The van der Waals surface area contributed by atoms with Gasteiger partial charge in [-0.1, -0.05) is 18.2 Å². The van der Waals surface area contributed by atoms with Crippen LogP contribution in [-0.4, -0.2) is 9.97 Å². The average molecular weight is 343 g/mol. The minimum absolute atomic E-state index is 0.00499. The van der Waals surface area contributed by atoms with Crippen molar-refractivity contribution in [1.82, 2.24) is 9.97 Å². The summed E-state index contributed by atoms with van der Waals surface area (Å²) in [5, 5.41) is 8.79. The van der Waals surface area contributed by atoms with Gasteiger partial charge >= 0.3 is 6.18 Å². The van der Waals surface area contributed by atoms with Gasteiger partial charge in [-0.25, -0.2) is 4.98 Å². The van der Waals surface area contributed by atoms with Gasteiger partial charge in [-0.05, 0) is 42.7 Å². The Hall–Kier alpha value is -3.14. The van der Waals surface area contributed by atoms with Crippen LogP contribution in [0.1, 0.15) is 22.4 Å². The van der Waals surface area contributed by atoms with Gasteiger partial charge in [0.1, 0.15) is 5.69 Å². The van der Waals surface area contributed by atoms with E-state index < -0.39 is 17.3 Å². The predicted octanol–water partition coefficient (Wildman–Crippen LogP) is 3.60. The molecule has 0 aliphatic rings. The highest BCUT2D eigenvalue weighted by Gasteiger charge is 2.33. The first-order valence-corrected chi connectivity index (χ1v) is 7.46. The maximum atomic E-state index is 13.2. The Balaban J connectivity index is 1.93. The fourth-order valence-corrected chi connectivity index (χ4v) is 2.62. The number of aromatic amines is 1. The van der Waals surface area contributed by atoms with Gasteiger partial charge in [-0.2, -0.15) is 18.4 Å². The summed E-state index contributed by atoms with van der Waals surface area (Å²) in [5.41, 5.74) is 0.0260. The molecule has 0 unspecified atom stereocenters. The maximum absolute atomic E-state index is 13.2. The molecule has 1 heterocycles. The standard InChI is InChI=1S/C18H12F3N3O/c19-18(20,21)13-9-11(10-22)5-6-12(13)7-8-16-17(25)24-15-4-2-1-3-14(15)23-16/h1-6,9H,7-8H2,(H,24,25). The van der Waals surface area contributed by atoms with Crippen molar-refractivity contribution in [2.24, 2.45) is 0 Å². The van der Waals surface area contributed by atoms with E-state index in [-0.39, 0.29) is 29.7 Å². The first-order valence-electron chi connectivity index (χ1n) is 7.46. The third-order valence-electron chi connectivity index (χ3n) is 3.85. The van der Waals surface area contributed by atoms with Gasteiger partial charge in [0.15, 0.2) is 0 Å². The highest BCUT2D eigenvalue weighted by Crippen LogP contribution is 2.33. The smallest absolute Gasteiger partial charge is 0.319 e. The second-order valence-corrected chi connectivity index (χ2v) is 5.51. The highest BCUT2D eigenvalue weighted by atomic mass is 19.4. The Labute approximate surface area is 140 Å². The van der Waals surface area contributed by atoms with Crippen LogP contribution in [0, 0.1) is 11.3 Å². The van der Waals surface area contributed by atoms with E-state index in [1.807, 2.05) is 0 Å². The van der Waals surface area contributed by atoms with E-state index >= 15 is 0 Å². The molecule has 0 amide bonds. The van der Waals surface area contributed by atoms with Crippen LogP contribution < -0.4 is 5.56 Å². The van der Waals surface area contributed by atoms with E-state index in [1.54, 1.807) is 30.3 Å². The van der Waals surface area contributed by atoms with Gasteiger partial charge in [0.25, 0.3) is 5.56 Å². The lowest BCUT2D eigenvalue weighted by Gasteiger charge is -2.13. The molecule has 25 heavy (non-hydrogen) atoms. The van der Waals surface area contributed by atoms with Crippen molar-refractivity contribution in [2.45, 2.75) is 19.0 Å². The average Bonchev–Trinajstić information content (AvgIpc) is 2.59. The normalized spacial score (nSPS) is 11.4. The molecule has 7 heteroatoms. The van der Waals surface area contributed by atoms with Crippen LogP contribution >= 0.6 is 0 Å². The second kappa shape index (κ2) is 6.40. The highest BCUT2D eigenvalue weighted by molar-refractivity contribution is 5.73. The Morgan fingerprint density at radius 3 is 2.60 bits per heavy atom. The Morgan fingerprint density at radius 1 is 1.12 bits per heavy atom. The fourth-order valence-electron chi connectivity index (χ4n) is 2.62. The number of alkyl halides is 3. The number of para-hydroxylation sites is 2. The number of hydrogen-bond acceptors (Lipinski definition) is 3. The van der Waals surface area contributed by atoms with Gasteiger partial charge < -0.3 is 4.98 Å². The molecule has 3 aromatic rings. The molecule has 0 bridgehead atoms.